The topological polar surface area (TPSA) is 66.8 Å². The molecule has 0 radical (unpaired) electrons. The molecule has 1 aliphatic rings. The van der Waals surface area contributed by atoms with E-state index in [1.54, 1.807) is 0 Å². The van der Waals surface area contributed by atoms with Crippen molar-refractivity contribution >= 4 is 11.9 Å². The zero-order valence-corrected chi connectivity index (χ0v) is 10.3. The summed E-state index contributed by atoms with van der Waals surface area (Å²) >= 11 is 0. The lowest BCUT2D eigenvalue weighted by Gasteiger charge is -2.33. The van der Waals surface area contributed by atoms with Crippen LogP contribution in [-0.2, 0) is 14.3 Å². The zero-order chi connectivity index (χ0) is 14.5. The largest absolute Gasteiger partial charge is 0.480 e. The highest BCUT2D eigenvalue weighted by molar-refractivity contribution is 5.81. The van der Waals surface area contributed by atoms with Crippen molar-refractivity contribution < 1.29 is 32.6 Å². The molecule has 19 heavy (non-hydrogen) atoms. The number of rotatable bonds is 5. The lowest BCUT2D eigenvalue weighted by atomic mass is 10.1. The van der Waals surface area contributed by atoms with Gasteiger partial charge in [-0.3, -0.25) is 9.59 Å². The summed E-state index contributed by atoms with van der Waals surface area (Å²) in [5.74, 6) is -2.00. The highest BCUT2D eigenvalue weighted by Gasteiger charge is 2.32. The van der Waals surface area contributed by atoms with Crippen molar-refractivity contribution in [2.75, 3.05) is 19.8 Å². The normalized spacial score (nSPS) is 17.2. The molecule has 1 aliphatic heterocycles. The molecule has 8 heteroatoms. The van der Waals surface area contributed by atoms with E-state index < -0.39 is 37.4 Å². The highest BCUT2D eigenvalue weighted by atomic mass is 19.4. The van der Waals surface area contributed by atoms with Gasteiger partial charge in [0.1, 0.15) is 6.54 Å². The molecular formula is C11H16F3NO4. The molecule has 1 saturated heterocycles. The van der Waals surface area contributed by atoms with Gasteiger partial charge < -0.3 is 14.7 Å². The van der Waals surface area contributed by atoms with Crippen molar-refractivity contribution in [1.82, 2.24) is 4.90 Å². The molecule has 1 fully saturated rings. The second-order valence-corrected chi connectivity index (χ2v) is 4.37. The van der Waals surface area contributed by atoms with Gasteiger partial charge >= 0.3 is 12.1 Å². The van der Waals surface area contributed by atoms with Gasteiger partial charge in [-0.05, 0) is 12.8 Å². The maximum atomic E-state index is 12.1. The number of aliphatic carboxylic acids is 1. The van der Waals surface area contributed by atoms with Gasteiger partial charge in [0.05, 0.1) is 6.42 Å². The van der Waals surface area contributed by atoms with E-state index in [-0.39, 0.29) is 6.04 Å². The van der Waals surface area contributed by atoms with Crippen LogP contribution in [0, 0.1) is 0 Å². The van der Waals surface area contributed by atoms with E-state index in [1.165, 1.54) is 0 Å². The third-order valence-corrected chi connectivity index (χ3v) is 2.88. The Bertz CT molecular complexity index is 326. The molecule has 0 spiro atoms. The van der Waals surface area contributed by atoms with Crippen molar-refractivity contribution in [3.8, 4) is 0 Å². The van der Waals surface area contributed by atoms with Crippen LogP contribution in [0.3, 0.4) is 0 Å². The lowest BCUT2D eigenvalue weighted by molar-refractivity contribution is -0.155. The number of carboxylic acids is 1. The van der Waals surface area contributed by atoms with Crippen molar-refractivity contribution in [2.24, 2.45) is 0 Å². The van der Waals surface area contributed by atoms with Gasteiger partial charge in [0, 0.05) is 25.7 Å². The first-order chi connectivity index (χ1) is 8.79. The minimum atomic E-state index is -4.42. The van der Waals surface area contributed by atoms with E-state index in [4.69, 9.17) is 9.84 Å². The van der Waals surface area contributed by atoms with Gasteiger partial charge in [-0.2, -0.15) is 13.2 Å². The number of hydrogen-bond donors (Lipinski definition) is 1. The van der Waals surface area contributed by atoms with E-state index in [2.05, 4.69) is 0 Å². The van der Waals surface area contributed by atoms with Crippen molar-refractivity contribution in [3.05, 3.63) is 0 Å². The molecule has 1 heterocycles. The minimum Gasteiger partial charge on any atom is -0.480 e. The van der Waals surface area contributed by atoms with Crippen LogP contribution in [0.2, 0.25) is 0 Å². The maximum Gasteiger partial charge on any atom is 0.389 e. The number of carboxylic acid groups (broad SMARTS) is 1. The first-order valence-corrected chi connectivity index (χ1v) is 5.95. The Morgan fingerprint density at radius 2 is 1.84 bits per heavy atom. The predicted molar refractivity (Wildman–Crippen MR) is 58.5 cm³/mol. The molecule has 0 aromatic rings. The molecule has 110 valence electrons. The summed E-state index contributed by atoms with van der Waals surface area (Å²) in [6, 6.07) is -0.356. The average Bonchev–Trinajstić information content (AvgIpc) is 2.33. The van der Waals surface area contributed by atoms with Gasteiger partial charge in [-0.1, -0.05) is 0 Å². The van der Waals surface area contributed by atoms with E-state index in [1.807, 2.05) is 0 Å². The Balaban J connectivity index is 2.61. The van der Waals surface area contributed by atoms with Crippen LogP contribution >= 0.6 is 0 Å². The third-order valence-electron chi connectivity index (χ3n) is 2.88. The Labute approximate surface area is 108 Å². The summed E-state index contributed by atoms with van der Waals surface area (Å²) in [7, 11) is 0. The average molecular weight is 283 g/mol. The van der Waals surface area contributed by atoms with E-state index >= 15 is 0 Å². The summed E-state index contributed by atoms with van der Waals surface area (Å²) < 4.78 is 41.3. The molecule has 0 saturated carbocycles. The molecule has 1 rings (SSSR count). The molecule has 0 bridgehead atoms. The molecule has 0 aromatic carbocycles. The number of carbonyl (C=O) groups excluding carboxylic acids is 1. The second-order valence-electron chi connectivity index (χ2n) is 4.37. The molecule has 5 nitrogen and oxygen atoms in total. The Kier molecular flexibility index (Phi) is 5.59. The van der Waals surface area contributed by atoms with Gasteiger partial charge in [-0.25, -0.2) is 0 Å². The van der Waals surface area contributed by atoms with Gasteiger partial charge in [0.2, 0.25) is 5.91 Å². The number of nitrogens with zero attached hydrogens (tertiary/aromatic N) is 1. The van der Waals surface area contributed by atoms with E-state index in [9.17, 15) is 22.8 Å². The number of carbonyl (C=O) groups is 2. The van der Waals surface area contributed by atoms with Crippen LogP contribution < -0.4 is 0 Å². The zero-order valence-electron chi connectivity index (χ0n) is 10.3. The molecule has 1 amide bonds. The maximum absolute atomic E-state index is 12.1. The minimum absolute atomic E-state index is 0.356. The fourth-order valence-corrected chi connectivity index (χ4v) is 1.96. The van der Waals surface area contributed by atoms with Gasteiger partial charge in [0.15, 0.2) is 0 Å². The van der Waals surface area contributed by atoms with Gasteiger partial charge in [0.25, 0.3) is 0 Å². The predicted octanol–water partition coefficient (Wildman–Crippen LogP) is 1.42. The molecule has 0 aromatic heterocycles. The van der Waals surface area contributed by atoms with Crippen LogP contribution in [-0.4, -0.2) is 53.9 Å². The summed E-state index contributed by atoms with van der Waals surface area (Å²) in [4.78, 5) is 23.5. The monoisotopic (exact) mass is 283 g/mol. The number of alkyl halides is 3. The quantitative estimate of drug-likeness (QED) is 0.828. The number of halogens is 3. The molecule has 0 atom stereocenters. The fraction of sp³-hybridized carbons (Fsp3) is 0.818. The molecular weight excluding hydrogens is 267 g/mol. The van der Waals surface area contributed by atoms with Crippen LogP contribution in [0.5, 0.6) is 0 Å². The number of hydrogen-bond acceptors (Lipinski definition) is 3. The Hall–Kier alpha value is -1.31. The Morgan fingerprint density at radius 1 is 1.26 bits per heavy atom. The summed E-state index contributed by atoms with van der Waals surface area (Å²) in [5.41, 5.74) is 0. The summed E-state index contributed by atoms with van der Waals surface area (Å²) in [6.07, 6.45) is -5.46. The second kappa shape index (κ2) is 6.74. The van der Waals surface area contributed by atoms with Crippen molar-refractivity contribution in [2.45, 2.75) is 37.9 Å². The number of ether oxygens (including phenoxy) is 1. The smallest absolute Gasteiger partial charge is 0.389 e. The van der Waals surface area contributed by atoms with E-state index in [0.717, 1.165) is 4.90 Å². The fourth-order valence-electron chi connectivity index (χ4n) is 1.96. The Morgan fingerprint density at radius 3 is 2.32 bits per heavy atom. The van der Waals surface area contributed by atoms with Crippen LogP contribution in [0.15, 0.2) is 0 Å². The third kappa shape index (κ3) is 5.91. The van der Waals surface area contributed by atoms with E-state index in [0.29, 0.717) is 26.1 Å². The molecule has 0 aliphatic carbocycles. The standard InChI is InChI=1S/C11H16F3NO4/c12-11(13,14)4-1-9(16)15(7-10(17)18)8-2-5-19-6-3-8/h8H,1-7H2,(H,17,18). The summed E-state index contributed by atoms with van der Waals surface area (Å²) in [6.45, 7) is 0.196. The lowest BCUT2D eigenvalue weighted by Crippen LogP contribution is -2.46. The SMILES string of the molecule is O=C(O)CN(C(=O)CCC(F)(F)F)C1CCOCC1. The first-order valence-electron chi connectivity index (χ1n) is 5.95. The van der Waals surface area contributed by atoms with Crippen LogP contribution in [0.4, 0.5) is 13.2 Å². The van der Waals surface area contributed by atoms with Crippen LogP contribution in [0.1, 0.15) is 25.7 Å². The summed E-state index contributed by atoms with van der Waals surface area (Å²) in [5, 5.41) is 8.74. The highest BCUT2D eigenvalue weighted by Crippen LogP contribution is 2.23. The molecule has 0 unspecified atom stereocenters. The van der Waals surface area contributed by atoms with Crippen molar-refractivity contribution in [3.63, 3.8) is 0 Å². The van der Waals surface area contributed by atoms with Crippen LogP contribution in [0.25, 0.3) is 0 Å². The number of amides is 1. The van der Waals surface area contributed by atoms with Crippen molar-refractivity contribution in [1.29, 1.82) is 0 Å². The van der Waals surface area contributed by atoms with Gasteiger partial charge in [-0.15, -0.1) is 0 Å². The first kappa shape index (κ1) is 15.7. The molecule has 1 N–H and O–H groups in total.